The van der Waals surface area contributed by atoms with Gasteiger partial charge in [-0.05, 0) is 32.2 Å². The highest BCUT2D eigenvalue weighted by Crippen LogP contribution is 2.15. The molecule has 0 saturated carbocycles. The lowest BCUT2D eigenvalue weighted by Crippen LogP contribution is -2.36. The molecule has 1 saturated heterocycles. The Morgan fingerprint density at radius 1 is 1.42 bits per heavy atom. The molecule has 4 nitrogen and oxygen atoms in total. The lowest BCUT2D eigenvalue weighted by molar-refractivity contribution is -0.00677. The Morgan fingerprint density at radius 2 is 2.32 bits per heavy atom. The van der Waals surface area contributed by atoms with E-state index >= 15 is 0 Å². The normalized spacial score (nSPS) is 20.1. The summed E-state index contributed by atoms with van der Waals surface area (Å²) < 4.78 is 8.11. The summed E-state index contributed by atoms with van der Waals surface area (Å²) in [5.41, 5.74) is 0. The molecule has 0 unspecified atom stereocenters. The van der Waals surface area contributed by atoms with E-state index in [0.717, 1.165) is 39.2 Å². The minimum absolute atomic E-state index is 0.420. The second kappa shape index (κ2) is 7.65. The van der Waals surface area contributed by atoms with Crippen molar-refractivity contribution in [2.75, 3.05) is 19.7 Å². The quantitative estimate of drug-likeness (QED) is 0.759. The molecular formula is C15H27N3O. The van der Waals surface area contributed by atoms with Crippen molar-refractivity contribution in [1.82, 2.24) is 14.5 Å². The molecule has 0 aliphatic carbocycles. The molecule has 1 aromatic rings. The van der Waals surface area contributed by atoms with Gasteiger partial charge in [0.05, 0.1) is 12.6 Å². The van der Waals surface area contributed by atoms with Crippen molar-refractivity contribution < 1.29 is 4.74 Å². The van der Waals surface area contributed by atoms with Crippen LogP contribution in [0.2, 0.25) is 0 Å². The highest BCUT2D eigenvalue weighted by atomic mass is 16.5. The highest BCUT2D eigenvalue weighted by molar-refractivity contribution is 4.92. The largest absolute Gasteiger partial charge is 0.377 e. The van der Waals surface area contributed by atoms with Gasteiger partial charge in [0.25, 0.3) is 0 Å². The van der Waals surface area contributed by atoms with Crippen molar-refractivity contribution in [2.45, 2.75) is 58.7 Å². The van der Waals surface area contributed by atoms with E-state index < -0.39 is 0 Å². The van der Waals surface area contributed by atoms with Gasteiger partial charge in [0.2, 0.25) is 0 Å². The summed E-state index contributed by atoms with van der Waals surface area (Å²) >= 11 is 0. The van der Waals surface area contributed by atoms with Gasteiger partial charge >= 0.3 is 0 Å². The summed E-state index contributed by atoms with van der Waals surface area (Å²) in [6.45, 7) is 9.45. The van der Waals surface area contributed by atoms with Crippen molar-refractivity contribution in [1.29, 1.82) is 0 Å². The Bertz CT molecular complexity index is 358. The summed E-state index contributed by atoms with van der Waals surface area (Å²) in [5, 5.41) is 0. The third-order valence-electron chi connectivity index (χ3n) is 3.81. The third-order valence-corrected chi connectivity index (χ3v) is 3.81. The fourth-order valence-corrected chi connectivity index (χ4v) is 2.68. The minimum atomic E-state index is 0.420. The van der Waals surface area contributed by atoms with Gasteiger partial charge in [0.15, 0.2) is 0 Å². The SMILES string of the molecule is CCCn1ccnc1CN(CC)C[C@H]1CCCCO1. The van der Waals surface area contributed by atoms with Crippen molar-refractivity contribution in [2.24, 2.45) is 0 Å². The molecule has 0 amide bonds. The predicted octanol–water partition coefficient (Wildman–Crippen LogP) is 2.68. The summed E-state index contributed by atoms with van der Waals surface area (Å²) in [6, 6.07) is 0. The van der Waals surface area contributed by atoms with E-state index in [-0.39, 0.29) is 0 Å². The topological polar surface area (TPSA) is 30.3 Å². The Labute approximate surface area is 116 Å². The van der Waals surface area contributed by atoms with Crippen LogP contribution in [0, 0.1) is 0 Å². The number of hydrogen-bond acceptors (Lipinski definition) is 3. The molecule has 4 heteroatoms. The van der Waals surface area contributed by atoms with Gasteiger partial charge in [-0.3, -0.25) is 4.90 Å². The number of hydrogen-bond donors (Lipinski definition) is 0. The molecule has 0 N–H and O–H groups in total. The van der Waals surface area contributed by atoms with Crippen molar-refractivity contribution in [3.63, 3.8) is 0 Å². The minimum Gasteiger partial charge on any atom is -0.377 e. The van der Waals surface area contributed by atoms with Crippen molar-refractivity contribution >= 4 is 0 Å². The van der Waals surface area contributed by atoms with Crippen LogP contribution in [-0.2, 0) is 17.8 Å². The first kappa shape index (κ1) is 14.5. The fourth-order valence-electron chi connectivity index (χ4n) is 2.68. The molecule has 19 heavy (non-hydrogen) atoms. The average molecular weight is 265 g/mol. The fraction of sp³-hybridized carbons (Fsp3) is 0.800. The molecule has 1 aromatic heterocycles. The lowest BCUT2D eigenvalue weighted by atomic mass is 10.1. The number of likely N-dealkylation sites (N-methyl/N-ethyl adjacent to an activating group) is 1. The molecule has 1 fully saturated rings. The van der Waals surface area contributed by atoms with Gasteiger partial charge in [-0.25, -0.2) is 4.98 Å². The van der Waals surface area contributed by atoms with Crippen molar-refractivity contribution in [3.8, 4) is 0 Å². The standard InChI is InChI=1S/C15H27N3O/c1-3-9-18-10-8-16-15(18)13-17(4-2)12-14-7-5-6-11-19-14/h8,10,14H,3-7,9,11-13H2,1-2H3/t14-/m1/s1. The third kappa shape index (κ3) is 4.32. The molecule has 0 spiro atoms. The van der Waals surface area contributed by atoms with E-state index in [1.54, 1.807) is 0 Å². The smallest absolute Gasteiger partial charge is 0.122 e. The maximum absolute atomic E-state index is 5.84. The Kier molecular flexibility index (Phi) is 5.86. The van der Waals surface area contributed by atoms with Crippen LogP contribution in [0.15, 0.2) is 12.4 Å². The lowest BCUT2D eigenvalue weighted by Gasteiger charge is -2.29. The van der Waals surface area contributed by atoms with Crippen LogP contribution in [-0.4, -0.2) is 40.3 Å². The molecule has 0 bridgehead atoms. The molecular weight excluding hydrogens is 238 g/mol. The van der Waals surface area contributed by atoms with Crippen LogP contribution in [0.4, 0.5) is 0 Å². The van der Waals surface area contributed by atoms with Crippen LogP contribution in [0.3, 0.4) is 0 Å². The van der Waals surface area contributed by atoms with Crippen LogP contribution < -0.4 is 0 Å². The van der Waals surface area contributed by atoms with Crippen molar-refractivity contribution in [3.05, 3.63) is 18.2 Å². The highest BCUT2D eigenvalue weighted by Gasteiger charge is 2.18. The van der Waals surface area contributed by atoms with Gasteiger partial charge in [-0.2, -0.15) is 0 Å². The zero-order valence-electron chi connectivity index (χ0n) is 12.3. The first-order chi connectivity index (χ1) is 9.33. The second-order valence-electron chi connectivity index (χ2n) is 5.35. The van der Waals surface area contributed by atoms with E-state index in [4.69, 9.17) is 4.74 Å². The van der Waals surface area contributed by atoms with Gasteiger partial charge < -0.3 is 9.30 Å². The number of nitrogens with zero attached hydrogens (tertiary/aromatic N) is 3. The first-order valence-electron chi connectivity index (χ1n) is 7.67. The molecule has 2 rings (SSSR count). The average Bonchev–Trinajstić information content (AvgIpc) is 2.87. The van der Waals surface area contributed by atoms with Gasteiger partial charge in [0, 0.05) is 32.1 Å². The number of ether oxygens (including phenoxy) is 1. The molecule has 2 heterocycles. The van der Waals surface area contributed by atoms with Crippen LogP contribution in [0.1, 0.15) is 45.4 Å². The second-order valence-corrected chi connectivity index (χ2v) is 5.35. The molecule has 108 valence electrons. The molecule has 0 radical (unpaired) electrons. The molecule has 0 aromatic carbocycles. The monoisotopic (exact) mass is 265 g/mol. The molecule has 1 aliphatic rings. The summed E-state index contributed by atoms with van der Waals surface area (Å²) in [4.78, 5) is 6.95. The van der Waals surface area contributed by atoms with Gasteiger partial charge in [-0.1, -0.05) is 13.8 Å². The zero-order chi connectivity index (χ0) is 13.5. The van der Waals surface area contributed by atoms with Crippen LogP contribution in [0.25, 0.3) is 0 Å². The number of aromatic nitrogens is 2. The zero-order valence-corrected chi connectivity index (χ0v) is 12.3. The van der Waals surface area contributed by atoms with E-state index in [9.17, 15) is 0 Å². The van der Waals surface area contributed by atoms with Crippen LogP contribution in [0.5, 0.6) is 0 Å². The Morgan fingerprint density at radius 3 is 3.00 bits per heavy atom. The first-order valence-corrected chi connectivity index (χ1v) is 7.67. The van der Waals surface area contributed by atoms with Gasteiger partial charge in [0.1, 0.15) is 5.82 Å². The number of rotatable bonds is 7. The van der Waals surface area contributed by atoms with E-state index in [1.807, 2.05) is 6.20 Å². The van der Waals surface area contributed by atoms with Crippen LogP contribution >= 0.6 is 0 Å². The maximum atomic E-state index is 5.84. The van der Waals surface area contributed by atoms with E-state index in [1.165, 1.54) is 25.1 Å². The van der Waals surface area contributed by atoms with Gasteiger partial charge in [-0.15, -0.1) is 0 Å². The summed E-state index contributed by atoms with van der Waals surface area (Å²) in [6.07, 6.45) is 9.32. The predicted molar refractivity (Wildman–Crippen MR) is 77.1 cm³/mol. The summed E-state index contributed by atoms with van der Waals surface area (Å²) in [7, 11) is 0. The van der Waals surface area contributed by atoms with E-state index in [0.29, 0.717) is 6.10 Å². The maximum Gasteiger partial charge on any atom is 0.122 e. The van der Waals surface area contributed by atoms with E-state index in [2.05, 4.69) is 34.5 Å². The Hall–Kier alpha value is -0.870. The molecule has 1 atom stereocenters. The molecule has 1 aliphatic heterocycles. The summed E-state index contributed by atoms with van der Waals surface area (Å²) in [5.74, 6) is 1.18. The number of aryl methyl sites for hydroxylation is 1. The Balaban J connectivity index is 1.88. The number of imidazole rings is 1.